The van der Waals surface area contributed by atoms with Crippen LogP contribution in [-0.4, -0.2) is 0 Å². The van der Waals surface area contributed by atoms with Crippen molar-refractivity contribution in [1.82, 2.24) is 0 Å². The molecule has 0 fully saturated rings. The first kappa shape index (κ1) is 14.1. The minimum Gasteiger partial charge on any atom is -0.355 e. The summed E-state index contributed by atoms with van der Waals surface area (Å²) in [7, 11) is 0. The summed E-state index contributed by atoms with van der Waals surface area (Å²) in [5.41, 5.74) is 3.53. The first-order valence-electron chi connectivity index (χ1n) is 7.00. The zero-order chi connectivity index (χ0) is 14.2. The van der Waals surface area contributed by atoms with Gasteiger partial charge >= 0.3 is 0 Å². The normalized spacial score (nSPS) is 18.4. The van der Waals surface area contributed by atoms with Crippen molar-refractivity contribution in [3.8, 4) is 0 Å². The maximum Gasteiger partial charge on any atom is 0.0422 e. The van der Waals surface area contributed by atoms with Gasteiger partial charge in [0.1, 0.15) is 0 Å². The lowest BCUT2D eigenvalue weighted by Crippen LogP contribution is -2.04. The van der Waals surface area contributed by atoms with Gasteiger partial charge < -0.3 is 5.32 Å². The van der Waals surface area contributed by atoms with Crippen molar-refractivity contribution < 1.29 is 0 Å². The van der Waals surface area contributed by atoms with E-state index in [2.05, 4.69) is 66.5 Å². The molecule has 1 unspecified atom stereocenters. The molecule has 0 radical (unpaired) electrons. The fourth-order valence-corrected chi connectivity index (χ4v) is 2.35. The van der Waals surface area contributed by atoms with Crippen molar-refractivity contribution in [2.24, 2.45) is 0 Å². The third-order valence-electron chi connectivity index (χ3n) is 3.26. The molecule has 20 heavy (non-hydrogen) atoms. The van der Waals surface area contributed by atoms with E-state index in [1.165, 1.54) is 5.56 Å². The summed E-state index contributed by atoms with van der Waals surface area (Å²) in [6.07, 6.45) is 17.6. The molecule has 0 aromatic heterocycles. The summed E-state index contributed by atoms with van der Waals surface area (Å²) in [5, 5.41) is 3.49. The van der Waals surface area contributed by atoms with Gasteiger partial charge in [0.2, 0.25) is 0 Å². The molecule has 0 bridgehead atoms. The molecule has 1 aliphatic rings. The van der Waals surface area contributed by atoms with Crippen LogP contribution in [0.3, 0.4) is 0 Å². The third-order valence-corrected chi connectivity index (χ3v) is 3.26. The smallest absolute Gasteiger partial charge is 0.0422 e. The molecule has 1 aliphatic carbocycles. The van der Waals surface area contributed by atoms with E-state index in [-0.39, 0.29) is 0 Å². The Hall–Kier alpha value is -2.28. The Morgan fingerprint density at radius 1 is 1.30 bits per heavy atom. The number of benzene rings is 1. The van der Waals surface area contributed by atoms with Crippen LogP contribution >= 0.6 is 0 Å². The van der Waals surface area contributed by atoms with Crippen LogP contribution in [0.2, 0.25) is 0 Å². The minimum absolute atomic E-state index is 0.444. The van der Waals surface area contributed by atoms with Crippen LogP contribution in [0.15, 0.2) is 85.1 Å². The molecule has 1 atom stereocenters. The Morgan fingerprint density at radius 2 is 2.15 bits per heavy atom. The van der Waals surface area contributed by atoms with Gasteiger partial charge in [0.25, 0.3) is 0 Å². The van der Waals surface area contributed by atoms with Crippen molar-refractivity contribution in [2.45, 2.75) is 19.3 Å². The Kier molecular flexibility index (Phi) is 5.19. The molecule has 0 saturated heterocycles. The highest BCUT2D eigenvalue weighted by Gasteiger charge is 2.12. The van der Waals surface area contributed by atoms with Crippen LogP contribution in [0, 0.1) is 0 Å². The van der Waals surface area contributed by atoms with Crippen LogP contribution in [0.5, 0.6) is 0 Å². The van der Waals surface area contributed by atoms with Gasteiger partial charge in [-0.15, -0.1) is 0 Å². The molecule has 0 aliphatic heterocycles. The van der Waals surface area contributed by atoms with Crippen molar-refractivity contribution in [1.29, 1.82) is 0 Å². The molecule has 2 rings (SSSR count). The topological polar surface area (TPSA) is 12.0 Å². The predicted molar refractivity (Wildman–Crippen MR) is 88.8 cm³/mol. The number of rotatable bonds is 5. The average molecular weight is 263 g/mol. The number of anilines is 1. The number of para-hydroxylation sites is 1. The van der Waals surface area contributed by atoms with Gasteiger partial charge in [0.15, 0.2) is 0 Å². The Balaban J connectivity index is 2.27. The van der Waals surface area contributed by atoms with Crippen LogP contribution < -0.4 is 5.32 Å². The van der Waals surface area contributed by atoms with Crippen molar-refractivity contribution in [3.63, 3.8) is 0 Å². The zero-order valence-corrected chi connectivity index (χ0v) is 11.9. The molecule has 1 N–H and O–H groups in total. The lowest BCUT2D eigenvalue weighted by molar-refractivity contribution is 0.855. The second kappa shape index (κ2) is 7.34. The summed E-state index contributed by atoms with van der Waals surface area (Å²) in [6.45, 7) is 5.78. The van der Waals surface area contributed by atoms with Crippen LogP contribution in [0.4, 0.5) is 5.69 Å². The molecular formula is C19H21N. The quantitative estimate of drug-likeness (QED) is 0.707. The van der Waals surface area contributed by atoms with E-state index in [4.69, 9.17) is 0 Å². The van der Waals surface area contributed by atoms with Gasteiger partial charge in [0, 0.05) is 17.3 Å². The molecule has 0 saturated carbocycles. The van der Waals surface area contributed by atoms with E-state index in [1.807, 2.05) is 19.1 Å². The Labute approximate surface area is 121 Å². The monoisotopic (exact) mass is 263 g/mol. The maximum atomic E-state index is 3.77. The summed E-state index contributed by atoms with van der Waals surface area (Å²) >= 11 is 0. The SMILES string of the molecule is C=C/C=C(\C=C/C)Nc1ccccc1C1C=CC=CC1. The van der Waals surface area contributed by atoms with Crippen LogP contribution in [0.1, 0.15) is 24.8 Å². The first-order valence-corrected chi connectivity index (χ1v) is 7.00. The number of hydrogen-bond donors (Lipinski definition) is 1. The van der Waals surface area contributed by atoms with Gasteiger partial charge in [-0.25, -0.2) is 0 Å². The van der Waals surface area contributed by atoms with Crippen LogP contribution in [0.25, 0.3) is 0 Å². The van der Waals surface area contributed by atoms with E-state index in [0.29, 0.717) is 5.92 Å². The lowest BCUT2D eigenvalue weighted by Gasteiger charge is -2.19. The van der Waals surface area contributed by atoms with E-state index >= 15 is 0 Å². The van der Waals surface area contributed by atoms with Gasteiger partial charge in [-0.3, -0.25) is 0 Å². The minimum atomic E-state index is 0.444. The summed E-state index contributed by atoms with van der Waals surface area (Å²) in [6, 6.07) is 8.48. The standard InChI is InChI=1S/C19H21N/c1-3-10-17(11-4-2)20-19-15-9-8-14-18(19)16-12-6-5-7-13-16/h3-12,14-16,20H,1,13H2,2H3/b11-4-,17-10+. The zero-order valence-electron chi connectivity index (χ0n) is 11.9. The van der Waals surface area contributed by atoms with E-state index < -0.39 is 0 Å². The molecule has 1 heteroatoms. The fraction of sp³-hybridized carbons (Fsp3) is 0.158. The second-order valence-electron chi connectivity index (χ2n) is 4.73. The Morgan fingerprint density at radius 3 is 2.85 bits per heavy atom. The van der Waals surface area contributed by atoms with Crippen molar-refractivity contribution in [3.05, 3.63) is 90.7 Å². The van der Waals surface area contributed by atoms with E-state index in [9.17, 15) is 0 Å². The van der Waals surface area contributed by atoms with E-state index in [0.717, 1.165) is 17.8 Å². The Bertz CT molecular complexity index is 573. The number of nitrogens with one attached hydrogen (secondary N) is 1. The van der Waals surface area contributed by atoms with Gasteiger partial charge in [-0.05, 0) is 37.1 Å². The van der Waals surface area contributed by atoms with Gasteiger partial charge in [0.05, 0.1) is 0 Å². The van der Waals surface area contributed by atoms with Gasteiger partial charge in [-0.2, -0.15) is 0 Å². The molecule has 1 aromatic carbocycles. The molecule has 1 aromatic rings. The highest BCUT2D eigenvalue weighted by Crippen LogP contribution is 2.31. The molecule has 1 nitrogen and oxygen atoms in total. The summed E-state index contributed by atoms with van der Waals surface area (Å²) in [4.78, 5) is 0. The number of hydrogen-bond acceptors (Lipinski definition) is 1. The van der Waals surface area contributed by atoms with Crippen LogP contribution in [-0.2, 0) is 0 Å². The van der Waals surface area contributed by atoms with Crippen molar-refractivity contribution in [2.75, 3.05) is 5.32 Å². The van der Waals surface area contributed by atoms with E-state index in [1.54, 1.807) is 6.08 Å². The predicted octanol–water partition coefficient (Wildman–Crippen LogP) is 5.34. The number of allylic oxidation sites excluding steroid dienone is 8. The molecule has 0 amide bonds. The first-order chi connectivity index (χ1) is 9.85. The summed E-state index contributed by atoms with van der Waals surface area (Å²) in [5.74, 6) is 0.444. The lowest BCUT2D eigenvalue weighted by atomic mass is 9.91. The third kappa shape index (κ3) is 3.61. The fourth-order valence-electron chi connectivity index (χ4n) is 2.35. The van der Waals surface area contributed by atoms with Crippen molar-refractivity contribution >= 4 is 5.69 Å². The molecule has 102 valence electrons. The molecular weight excluding hydrogens is 242 g/mol. The highest BCUT2D eigenvalue weighted by molar-refractivity contribution is 5.59. The second-order valence-corrected chi connectivity index (χ2v) is 4.73. The van der Waals surface area contributed by atoms with Gasteiger partial charge in [-0.1, -0.05) is 61.2 Å². The maximum absolute atomic E-state index is 3.77. The molecule has 0 spiro atoms. The molecule has 0 heterocycles. The average Bonchev–Trinajstić information content (AvgIpc) is 2.49. The summed E-state index contributed by atoms with van der Waals surface area (Å²) < 4.78 is 0. The largest absolute Gasteiger partial charge is 0.355 e. The highest BCUT2D eigenvalue weighted by atomic mass is 14.9.